The molecule has 1 aliphatic rings. The highest BCUT2D eigenvalue weighted by atomic mass is 35.5. The van der Waals surface area contributed by atoms with Gasteiger partial charge in [0.05, 0.1) is 0 Å². The highest BCUT2D eigenvalue weighted by molar-refractivity contribution is 5.85. The van der Waals surface area contributed by atoms with E-state index in [1.165, 1.54) is 0 Å². The highest BCUT2D eigenvalue weighted by Crippen LogP contribution is 2.17. The Morgan fingerprint density at radius 3 is 2.53 bits per heavy atom. The van der Waals surface area contributed by atoms with Gasteiger partial charge in [0.15, 0.2) is 0 Å². The van der Waals surface area contributed by atoms with Gasteiger partial charge < -0.3 is 10.6 Å². The van der Waals surface area contributed by atoms with Crippen LogP contribution in [0.5, 0.6) is 0 Å². The van der Waals surface area contributed by atoms with Crippen molar-refractivity contribution in [3.05, 3.63) is 0 Å². The normalized spacial score (nSPS) is 26.7. The Kier molecular flexibility index (Phi) is 5.37. The summed E-state index contributed by atoms with van der Waals surface area (Å²) in [6.45, 7) is 3.03. The smallest absolute Gasteiger partial charge is 0.344 e. The van der Waals surface area contributed by atoms with Gasteiger partial charge >= 0.3 is 12.1 Å². The summed E-state index contributed by atoms with van der Waals surface area (Å²) in [4.78, 5) is 10.6. The minimum atomic E-state index is -4.78. The van der Waals surface area contributed by atoms with Crippen molar-refractivity contribution in [1.82, 2.24) is 10.6 Å². The lowest BCUT2D eigenvalue weighted by Crippen LogP contribution is -2.53. The Balaban J connectivity index is 0.00000196. The molecular weight excluding hydrogens is 233 g/mol. The van der Waals surface area contributed by atoms with Crippen LogP contribution >= 0.6 is 12.4 Å². The summed E-state index contributed by atoms with van der Waals surface area (Å²) in [7, 11) is 0. The van der Waals surface area contributed by atoms with Crippen LogP contribution < -0.4 is 10.6 Å². The first-order chi connectivity index (χ1) is 6.41. The van der Waals surface area contributed by atoms with Crippen molar-refractivity contribution < 1.29 is 18.0 Å². The molecule has 90 valence electrons. The molecule has 1 amide bonds. The maximum Gasteiger partial charge on any atom is 0.471 e. The lowest BCUT2D eigenvalue weighted by molar-refractivity contribution is -0.174. The molecule has 0 spiro atoms. The van der Waals surface area contributed by atoms with Crippen molar-refractivity contribution in [3.8, 4) is 0 Å². The quantitative estimate of drug-likeness (QED) is 0.727. The monoisotopic (exact) mass is 246 g/mol. The third-order valence-electron chi connectivity index (χ3n) is 2.40. The van der Waals surface area contributed by atoms with Crippen molar-refractivity contribution >= 4 is 18.3 Å². The van der Waals surface area contributed by atoms with Crippen LogP contribution in [0.15, 0.2) is 0 Å². The fourth-order valence-electron chi connectivity index (χ4n) is 1.43. The average molecular weight is 247 g/mol. The molecule has 0 radical (unpaired) electrons. The number of hydrogen-bond donors (Lipinski definition) is 2. The van der Waals surface area contributed by atoms with Crippen molar-refractivity contribution in [2.45, 2.75) is 25.6 Å². The molecule has 1 saturated heterocycles. The lowest BCUT2D eigenvalue weighted by Gasteiger charge is -2.30. The Morgan fingerprint density at radius 1 is 1.47 bits per heavy atom. The molecule has 7 heteroatoms. The van der Waals surface area contributed by atoms with Crippen LogP contribution in [0.1, 0.15) is 13.3 Å². The Labute approximate surface area is 92.2 Å². The Hall–Kier alpha value is -0.490. The number of carbonyl (C=O) groups excluding carboxylic acids is 1. The topological polar surface area (TPSA) is 41.1 Å². The standard InChI is InChI=1S/C8H13F3N2O.ClH/c1-5-2-3-12-4-6(5)13-7(14)8(9,10)11;/h5-6,12H,2-4H2,1H3,(H,13,14);1H. The van der Waals surface area contributed by atoms with Crippen LogP contribution in [0.25, 0.3) is 0 Å². The lowest BCUT2D eigenvalue weighted by atomic mass is 9.95. The molecule has 15 heavy (non-hydrogen) atoms. The minimum Gasteiger partial charge on any atom is -0.344 e. The van der Waals surface area contributed by atoms with Crippen molar-refractivity contribution in [2.75, 3.05) is 13.1 Å². The molecule has 1 heterocycles. The Morgan fingerprint density at radius 2 is 2.07 bits per heavy atom. The van der Waals surface area contributed by atoms with E-state index in [0.717, 1.165) is 13.0 Å². The van der Waals surface area contributed by atoms with E-state index >= 15 is 0 Å². The molecule has 2 atom stereocenters. The minimum absolute atomic E-state index is 0. The van der Waals surface area contributed by atoms with Gasteiger partial charge in [0, 0.05) is 12.6 Å². The number of amides is 1. The number of nitrogens with one attached hydrogen (secondary N) is 2. The zero-order valence-electron chi connectivity index (χ0n) is 8.23. The van der Waals surface area contributed by atoms with Gasteiger partial charge in [-0.25, -0.2) is 0 Å². The van der Waals surface area contributed by atoms with Crippen molar-refractivity contribution in [1.29, 1.82) is 0 Å². The van der Waals surface area contributed by atoms with E-state index < -0.39 is 18.1 Å². The molecule has 1 rings (SSSR count). The van der Waals surface area contributed by atoms with Gasteiger partial charge in [-0.3, -0.25) is 4.79 Å². The summed E-state index contributed by atoms with van der Waals surface area (Å²) in [6, 6.07) is -0.419. The van der Waals surface area contributed by atoms with E-state index in [-0.39, 0.29) is 18.3 Å². The van der Waals surface area contributed by atoms with Gasteiger partial charge in [0.25, 0.3) is 0 Å². The molecule has 0 aromatic rings. The summed E-state index contributed by atoms with van der Waals surface area (Å²) >= 11 is 0. The third kappa shape index (κ3) is 4.25. The first kappa shape index (κ1) is 14.5. The number of piperidine rings is 1. The number of rotatable bonds is 1. The highest BCUT2D eigenvalue weighted by Gasteiger charge is 2.40. The predicted octanol–water partition coefficient (Wildman–Crippen LogP) is 1.08. The molecule has 0 saturated carbocycles. The number of carbonyl (C=O) groups is 1. The largest absolute Gasteiger partial charge is 0.471 e. The number of hydrogen-bond acceptors (Lipinski definition) is 2. The van der Waals surface area contributed by atoms with Crippen molar-refractivity contribution in [2.24, 2.45) is 5.92 Å². The van der Waals surface area contributed by atoms with Crippen LogP contribution in [-0.4, -0.2) is 31.2 Å². The number of halogens is 4. The fourth-order valence-corrected chi connectivity index (χ4v) is 1.43. The molecule has 2 unspecified atom stereocenters. The van der Waals surface area contributed by atoms with Crippen LogP contribution in [0.3, 0.4) is 0 Å². The van der Waals surface area contributed by atoms with Crippen LogP contribution in [0, 0.1) is 5.92 Å². The molecule has 2 N–H and O–H groups in total. The molecule has 0 bridgehead atoms. The van der Waals surface area contributed by atoms with E-state index in [1.54, 1.807) is 0 Å². The van der Waals surface area contributed by atoms with Crippen LogP contribution in [0.4, 0.5) is 13.2 Å². The maximum atomic E-state index is 11.9. The first-order valence-electron chi connectivity index (χ1n) is 4.49. The zero-order chi connectivity index (χ0) is 10.8. The maximum absolute atomic E-state index is 11.9. The van der Waals surface area contributed by atoms with Gasteiger partial charge in [-0.15, -0.1) is 12.4 Å². The van der Waals surface area contributed by atoms with Gasteiger partial charge in [-0.1, -0.05) is 6.92 Å². The molecule has 3 nitrogen and oxygen atoms in total. The van der Waals surface area contributed by atoms with Gasteiger partial charge in [-0.05, 0) is 18.9 Å². The summed E-state index contributed by atoms with van der Waals surface area (Å²) in [5.41, 5.74) is 0. The summed E-state index contributed by atoms with van der Waals surface area (Å²) in [5.74, 6) is -1.76. The van der Waals surface area contributed by atoms with E-state index in [2.05, 4.69) is 5.32 Å². The zero-order valence-corrected chi connectivity index (χ0v) is 9.04. The van der Waals surface area contributed by atoms with E-state index in [1.807, 2.05) is 12.2 Å². The summed E-state index contributed by atoms with van der Waals surface area (Å²) in [5, 5.41) is 4.92. The second kappa shape index (κ2) is 5.55. The fraction of sp³-hybridized carbons (Fsp3) is 0.875. The predicted molar refractivity (Wildman–Crippen MR) is 51.9 cm³/mol. The first-order valence-corrected chi connectivity index (χ1v) is 4.49. The third-order valence-corrected chi connectivity index (χ3v) is 2.40. The SMILES string of the molecule is CC1CCNCC1NC(=O)C(F)(F)F.Cl. The van der Waals surface area contributed by atoms with Crippen LogP contribution in [-0.2, 0) is 4.79 Å². The second-order valence-corrected chi connectivity index (χ2v) is 3.55. The van der Waals surface area contributed by atoms with E-state index in [4.69, 9.17) is 0 Å². The molecular formula is C8H14ClF3N2O. The van der Waals surface area contributed by atoms with Gasteiger partial charge in [0.2, 0.25) is 0 Å². The average Bonchev–Trinajstić information content (AvgIpc) is 2.07. The van der Waals surface area contributed by atoms with Gasteiger partial charge in [-0.2, -0.15) is 13.2 Å². The second-order valence-electron chi connectivity index (χ2n) is 3.55. The molecule has 0 aromatic heterocycles. The van der Waals surface area contributed by atoms with Crippen molar-refractivity contribution in [3.63, 3.8) is 0 Å². The molecule has 1 aliphatic heterocycles. The summed E-state index contributed by atoms with van der Waals surface area (Å²) < 4.78 is 35.7. The number of alkyl halides is 3. The summed E-state index contributed by atoms with van der Waals surface area (Å²) in [6.07, 6.45) is -4.00. The molecule has 1 fully saturated rings. The van der Waals surface area contributed by atoms with E-state index in [9.17, 15) is 18.0 Å². The molecule has 0 aliphatic carbocycles. The van der Waals surface area contributed by atoms with Crippen LogP contribution in [0.2, 0.25) is 0 Å². The van der Waals surface area contributed by atoms with E-state index in [0.29, 0.717) is 6.54 Å². The molecule has 0 aromatic carbocycles. The Bertz CT molecular complexity index is 222. The van der Waals surface area contributed by atoms with Gasteiger partial charge in [0.1, 0.15) is 0 Å².